The van der Waals surface area contributed by atoms with E-state index in [0.717, 1.165) is 25.9 Å². The fraction of sp³-hybridized carbons (Fsp3) is 0.500. The number of carbonyl (C=O) groups excluding carboxylic acids is 2. The molecule has 1 rings (SSSR count). The Kier molecular flexibility index (Phi) is 6.94. The summed E-state index contributed by atoms with van der Waals surface area (Å²) in [5.41, 5.74) is 1.15. The number of rotatable bonds is 8. The van der Waals surface area contributed by atoms with E-state index >= 15 is 0 Å². The first-order valence-electron chi connectivity index (χ1n) is 7.13. The standard InChI is InChI=1S/C16H24N2O2/c1-4-5-11-18(3)12-10-16(20)17-15-9-7-6-8-14(15)13(2)19/h6-9H,4-5,10-12H2,1-3H3,(H,17,20). The van der Waals surface area contributed by atoms with Crippen LogP contribution in [-0.4, -0.2) is 36.7 Å². The zero-order valence-electron chi connectivity index (χ0n) is 12.6. The number of amides is 1. The van der Waals surface area contributed by atoms with Gasteiger partial charge in [-0.3, -0.25) is 9.59 Å². The smallest absolute Gasteiger partial charge is 0.225 e. The molecule has 20 heavy (non-hydrogen) atoms. The zero-order chi connectivity index (χ0) is 15.0. The van der Waals surface area contributed by atoms with Crippen molar-refractivity contribution < 1.29 is 9.59 Å². The van der Waals surface area contributed by atoms with Crippen LogP contribution < -0.4 is 5.32 Å². The van der Waals surface area contributed by atoms with E-state index in [9.17, 15) is 9.59 Å². The molecular formula is C16H24N2O2. The van der Waals surface area contributed by atoms with Gasteiger partial charge >= 0.3 is 0 Å². The molecule has 0 saturated heterocycles. The lowest BCUT2D eigenvalue weighted by Gasteiger charge is -2.16. The minimum absolute atomic E-state index is 0.0408. The molecule has 4 nitrogen and oxygen atoms in total. The van der Waals surface area contributed by atoms with Crippen molar-refractivity contribution in [2.45, 2.75) is 33.1 Å². The van der Waals surface area contributed by atoms with Crippen LogP contribution in [0, 0.1) is 0 Å². The maximum Gasteiger partial charge on any atom is 0.225 e. The van der Waals surface area contributed by atoms with E-state index in [2.05, 4.69) is 17.1 Å². The highest BCUT2D eigenvalue weighted by Crippen LogP contribution is 2.15. The maximum atomic E-state index is 11.9. The molecule has 0 saturated carbocycles. The fourth-order valence-electron chi connectivity index (χ4n) is 1.94. The highest BCUT2D eigenvalue weighted by molar-refractivity contribution is 6.03. The third kappa shape index (κ3) is 5.53. The number of hydrogen-bond donors (Lipinski definition) is 1. The highest BCUT2D eigenvalue weighted by atomic mass is 16.1. The van der Waals surface area contributed by atoms with Crippen molar-refractivity contribution in [3.05, 3.63) is 29.8 Å². The van der Waals surface area contributed by atoms with Crippen molar-refractivity contribution in [2.75, 3.05) is 25.5 Å². The molecule has 0 heterocycles. The van der Waals surface area contributed by atoms with E-state index in [1.54, 1.807) is 18.2 Å². The number of anilines is 1. The van der Waals surface area contributed by atoms with Crippen molar-refractivity contribution in [3.63, 3.8) is 0 Å². The lowest BCUT2D eigenvalue weighted by atomic mass is 10.1. The van der Waals surface area contributed by atoms with Crippen LogP contribution in [0.5, 0.6) is 0 Å². The molecule has 0 bridgehead atoms. The molecule has 1 N–H and O–H groups in total. The third-order valence-corrected chi connectivity index (χ3v) is 3.19. The lowest BCUT2D eigenvalue weighted by Crippen LogP contribution is -2.25. The first-order chi connectivity index (χ1) is 9.54. The SMILES string of the molecule is CCCCN(C)CCC(=O)Nc1ccccc1C(C)=O. The largest absolute Gasteiger partial charge is 0.325 e. The number of nitrogens with one attached hydrogen (secondary N) is 1. The Morgan fingerprint density at radius 2 is 1.90 bits per heavy atom. The van der Waals surface area contributed by atoms with Gasteiger partial charge in [0.25, 0.3) is 0 Å². The quantitative estimate of drug-likeness (QED) is 0.743. The van der Waals surface area contributed by atoms with Crippen LogP contribution in [-0.2, 0) is 4.79 Å². The summed E-state index contributed by atoms with van der Waals surface area (Å²) < 4.78 is 0. The maximum absolute atomic E-state index is 11.9. The Hall–Kier alpha value is -1.68. The molecule has 1 aromatic rings. The highest BCUT2D eigenvalue weighted by Gasteiger charge is 2.10. The molecule has 0 atom stereocenters. The van der Waals surface area contributed by atoms with E-state index in [4.69, 9.17) is 0 Å². The Morgan fingerprint density at radius 3 is 2.55 bits per heavy atom. The summed E-state index contributed by atoms with van der Waals surface area (Å²) in [6, 6.07) is 7.10. The van der Waals surface area contributed by atoms with Gasteiger partial charge in [0, 0.05) is 18.5 Å². The molecule has 0 unspecified atom stereocenters. The fourth-order valence-corrected chi connectivity index (χ4v) is 1.94. The molecule has 4 heteroatoms. The summed E-state index contributed by atoms with van der Waals surface area (Å²) in [4.78, 5) is 25.5. The first kappa shape index (κ1) is 16.4. The van der Waals surface area contributed by atoms with Gasteiger partial charge in [0.1, 0.15) is 0 Å². The van der Waals surface area contributed by atoms with Crippen molar-refractivity contribution in [3.8, 4) is 0 Å². The Labute approximate surface area is 121 Å². The monoisotopic (exact) mass is 276 g/mol. The number of ketones is 1. The third-order valence-electron chi connectivity index (χ3n) is 3.19. The number of carbonyl (C=O) groups is 2. The Balaban J connectivity index is 2.49. The van der Waals surface area contributed by atoms with Crippen LogP contribution in [0.15, 0.2) is 24.3 Å². The number of Topliss-reactive ketones (excluding diaryl/α,β-unsaturated/α-hetero) is 1. The van der Waals surface area contributed by atoms with Gasteiger partial charge in [0.2, 0.25) is 5.91 Å². The molecule has 1 amide bonds. The van der Waals surface area contributed by atoms with Gasteiger partial charge in [0.05, 0.1) is 5.69 Å². The number of benzene rings is 1. The molecule has 0 aliphatic rings. The van der Waals surface area contributed by atoms with Gasteiger partial charge in [-0.05, 0) is 39.1 Å². The lowest BCUT2D eigenvalue weighted by molar-refractivity contribution is -0.116. The van der Waals surface area contributed by atoms with Crippen molar-refractivity contribution in [1.82, 2.24) is 4.90 Å². The molecule has 0 aliphatic heterocycles. The van der Waals surface area contributed by atoms with Crippen LogP contribution in [0.25, 0.3) is 0 Å². The average molecular weight is 276 g/mol. The summed E-state index contributed by atoms with van der Waals surface area (Å²) in [5.74, 6) is -0.0944. The molecule has 0 fully saturated rings. The molecule has 1 aromatic carbocycles. The first-order valence-corrected chi connectivity index (χ1v) is 7.13. The molecule has 0 aromatic heterocycles. The zero-order valence-corrected chi connectivity index (χ0v) is 12.6. The molecular weight excluding hydrogens is 252 g/mol. The Morgan fingerprint density at radius 1 is 1.20 bits per heavy atom. The molecule has 0 spiro atoms. The number of hydrogen-bond acceptors (Lipinski definition) is 3. The minimum Gasteiger partial charge on any atom is -0.325 e. The van der Waals surface area contributed by atoms with E-state index < -0.39 is 0 Å². The van der Waals surface area contributed by atoms with Gasteiger partial charge < -0.3 is 10.2 Å². The minimum atomic E-state index is -0.0537. The van der Waals surface area contributed by atoms with Crippen LogP contribution in [0.1, 0.15) is 43.5 Å². The average Bonchev–Trinajstić information content (AvgIpc) is 2.43. The van der Waals surface area contributed by atoms with E-state index in [0.29, 0.717) is 17.7 Å². The summed E-state index contributed by atoms with van der Waals surface area (Å²) in [5, 5.41) is 2.82. The second kappa shape index (κ2) is 8.48. The van der Waals surface area contributed by atoms with Gasteiger partial charge in [-0.1, -0.05) is 25.5 Å². The predicted molar refractivity (Wildman–Crippen MR) is 82.1 cm³/mol. The number of unbranched alkanes of at least 4 members (excludes halogenated alkanes) is 1. The van der Waals surface area contributed by atoms with Crippen molar-refractivity contribution in [2.24, 2.45) is 0 Å². The molecule has 0 radical (unpaired) electrons. The van der Waals surface area contributed by atoms with Gasteiger partial charge in [-0.2, -0.15) is 0 Å². The normalized spacial score (nSPS) is 10.6. The van der Waals surface area contributed by atoms with Crippen molar-refractivity contribution in [1.29, 1.82) is 0 Å². The van der Waals surface area contributed by atoms with E-state index in [-0.39, 0.29) is 11.7 Å². The molecule has 0 aliphatic carbocycles. The summed E-state index contributed by atoms with van der Waals surface area (Å²) in [6.45, 7) is 5.39. The second-order valence-electron chi connectivity index (χ2n) is 5.06. The van der Waals surface area contributed by atoms with E-state index in [1.165, 1.54) is 6.92 Å². The topological polar surface area (TPSA) is 49.4 Å². The van der Waals surface area contributed by atoms with Crippen LogP contribution >= 0.6 is 0 Å². The number of nitrogens with zero attached hydrogens (tertiary/aromatic N) is 1. The van der Waals surface area contributed by atoms with Crippen LogP contribution in [0.4, 0.5) is 5.69 Å². The second-order valence-corrected chi connectivity index (χ2v) is 5.06. The predicted octanol–water partition coefficient (Wildman–Crippen LogP) is 2.95. The van der Waals surface area contributed by atoms with Gasteiger partial charge in [0.15, 0.2) is 5.78 Å². The Bertz CT molecular complexity index is 458. The van der Waals surface area contributed by atoms with E-state index in [1.807, 2.05) is 13.1 Å². The summed E-state index contributed by atoms with van der Waals surface area (Å²) in [6.07, 6.45) is 2.74. The van der Waals surface area contributed by atoms with Crippen LogP contribution in [0.3, 0.4) is 0 Å². The number of para-hydroxylation sites is 1. The molecule has 110 valence electrons. The summed E-state index contributed by atoms with van der Waals surface area (Å²) in [7, 11) is 2.02. The summed E-state index contributed by atoms with van der Waals surface area (Å²) >= 11 is 0. The van der Waals surface area contributed by atoms with Gasteiger partial charge in [-0.25, -0.2) is 0 Å². The van der Waals surface area contributed by atoms with Crippen molar-refractivity contribution >= 4 is 17.4 Å². The van der Waals surface area contributed by atoms with Crippen LogP contribution in [0.2, 0.25) is 0 Å². The van der Waals surface area contributed by atoms with Gasteiger partial charge in [-0.15, -0.1) is 0 Å².